The number of aromatic nitrogens is 3. The van der Waals surface area contributed by atoms with Gasteiger partial charge in [-0.3, -0.25) is 0 Å². The Morgan fingerprint density at radius 2 is 2.31 bits per heavy atom. The molecule has 2 heterocycles. The minimum absolute atomic E-state index is 0.294. The molecule has 1 aliphatic rings. The molecule has 0 aliphatic heterocycles. The lowest BCUT2D eigenvalue weighted by atomic mass is 10.3. The minimum atomic E-state index is -0.432. The van der Waals surface area contributed by atoms with Crippen molar-refractivity contribution in [1.82, 2.24) is 14.6 Å². The predicted molar refractivity (Wildman–Crippen MR) is 56.3 cm³/mol. The molecule has 1 saturated carbocycles. The molecule has 0 unspecified atom stereocenters. The van der Waals surface area contributed by atoms with E-state index in [0.717, 1.165) is 5.69 Å². The van der Waals surface area contributed by atoms with Crippen molar-refractivity contribution in [2.24, 2.45) is 0 Å². The Morgan fingerprint density at radius 1 is 1.50 bits per heavy atom. The van der Waals surface area contributed by atoms with Crippen LogP contribution in [-0.4, -0.2) is 27.7 Å². The van der Waals surface area contributed by atoms with E-state index in [9.17, 15) is 4.79 Å². The van der Waals surface area contributed by atoms with Gasteiger partial charge in [-0.05, 0) is 25.0 Å². The zero-order valence-corrected chi connectivity index (χ0v) is 8.88. The van der Waals surface area contributed by atoms with E-state index in [4.69, 9.17) is 0 Å². The van der Waals surface area contributed by atoms with Crippen LogP contribution in [0, 0.1) is 0 Å². The van der Waals surface area contributed by atoms with Crippen LogP contribution in [0.5, 0.6) is 0 Å². The average molecular weight is 217 g/mol. The van der Waals surface area contributed by atoms with Crippen LogP contribution in [0.2, 0.25) is 0 Å². The van der Waals surface area contributed by atoms with Gasteiger partial charge in [-0.15, -0.1) is 0 Å². The van der Waals surface area contributed by atoms with Crippen molar-refractivity contribution in [2.45, 2.75) is 18.8 Å². The first kappa shape index (κ1) is 9.33. The number of hydrogen-bond acceptors (Lipinski definition) is 4. The van der Waals surface area contributed by atoms with E-state index in [0.29, 0.717) is 17.3 Å². The van der Waals surface area contributed by atoms with Crippen molar-refractivity contribution in [2.75, 3.05) is 7.11 Å². The van der Waals surface area contributed by atoms with Crippen LogP contribution in [0.25, 0.3) is 5.65 Å². The number of nitrogens with zero attached hydrogens (tertiary/aromatic N) is 3. The highest BCUT2D eigenvalue weighted by atomic mass is 16.5. The first-order valence-electron chi connectivity index (χ1n) is 5.22. The molecule has 82 valence electrons. The Morgan fingerprint density at radius 3 is 3.00 bits per heavy atom. The van der Waals surface area contributed by atoms with Crippen LogP contribution in [0.3, 0.4) is 0 Å². The molecule has 16 heavy (non-hydrogen) atoms. The number of carbonyl (C=O) groups excluding carboxylic acids is 1. The minimum Gasteiger partial charge on any atom is -0.464 e. The van der Waals surface area contributed by atoms with Gasteiger partial charge in [-0.25, -0.2) is 14.3 Å². The maximum Gasteiger partial charge on any atom is 0.358 e. The predicted octanol–water partition coefficient (Wildman–Crippen LogP) is 1.39. The van der Waals surface area contributed by atoms with Crippen molar-refractivity contribution in [3.8, 4) is 0 Å². The lowest BCUT2D eigenvalue weighted by Crippen LogP contribution is -2.00. The second-order valence-electron chi connectivity index (χ2n) is 3.95. The number of ether oxygens (including phenoxy) is 1. The molecule has 0 aromatic carbocycles. The molecule has 5 nitrogen and oxygen atoms in total. The first-order chi connectivity index (χ1) is 7.78. The Kier molecular flexibility index (Phi) is 1.92. The van der Waals surface area contributed by atoms with Gasteiger partial charge in [-0.1, -0.05) is 0 Å². The smallest absolute Gasteiger partial charge is 0.358 e. The summed E-state index contributed by atoms with van der Waals surface area (Å²) >= 11 is 0. The van der Waals surface area contributed by atoms with Crippen LogP contribution >= 0.6 is 0 Å². The molecular weight excluding hydrogens is 206 g/mol. The average Bonchev–Trinajstić information content (AvgIpc) is 3.07. The summed E-state index contributed by atoms with van der Waals surface area (Å²) in [6.45, 7) is 0. The summed E-state index contributed by atoms with van der Waals surface area (Å²) in [5.41, 5.74) is 2.04. The van der Waals surface area contributed by atoms with Crippen LogP contribution < -0.4 is 0 Å². The summed E-state index contributed by atoms with van der Waals surface area (Å²) < 4.78 is 6.25. The molecule has 0 atom stereocenters. The second kappa shape index (κ2) is 3.30. The summed E-state index contributed by atoms with van der Waals surface area (Å²) in [4.78, 5) is 15.4. The summed E-state index contributed by atoms with van der Waals surface area (Å²) in [5.74, 6) is 0.159. The van der Waals surface area contributed by atoms with Gasteiger partial charge in [0.05, 0.1) is 19.0 Å². The topological polar surface area (TPSA) is 56.5 Å². The van der Waals surface area contributed by atoms with Crippen LogP contribution in [0.4, 0.5) is 0 Å². The summed E-state index contributed by atoms with van der Waals surface area (Å²) in [7, 11) is 1.34. The maximum absolute atomic E-state index is 11.3. The molecule has 5 heteroatoms. The largest absolute Gasteiger partial charge is 0.464 e. The van der Waals surface area contributed by atoms with Gasteiger partial charge in [0.25, 0.3) is 0 Å². The molecule has 2 aromatic rings. The fourth-order valence-corrected chi connectivity index (χ4v) is 1.70. The normalized spacial score (nSPS) is 15.3. The van der Waals surface area contributed by atoms with Crippen LogP contribution in [0.1, 0.15) is 34.9 Å². The fraction of sp³-hybridized carbons (Fsp3) is 0.364. The van der Waals surface area contributed by atoms with E-state index < -0.39 is 5.97 Å². The molecule has 0 saturated heterocycles. The van der Waals surface area contributed by atoms with Crippen molar-refractivity contribution < 1.29 is 9.53 Å². The molecular formula is C11H11N3O2. The van der Waals surface area contributed by atoms with E-state index in [1.54, 1.807) is 10.7 Å². The Hall–Kier alpha value is -1.91. The van der Waals surface area contributed by atoms with Gasteiger partial charge in [0.2, 0.25) is 0 Å². The number of rotatable bonds is 2. The third-order valence-electron chi connectivity index (χ3n) is 2.73. The molecule has 3 rings (SSSR count). The van der Waals surface area contributed by atoms with Crippen LogP contribution in [-0.2, 0) is 4.74 Å². The number of carbonyl (C=O) groups is 1. The molecule has 1 aliphatic carbocycles. The first-order valence-corrected chi connectivity index (χ1v) is 5.22. The van der Waals surface area contributed by atoms with Gasteiger partial charge in [0.1, 0.15) is 0 Å². The Balaban J connectivity index is 2.06. The van der Waals surface area contributed by atoms with E-state index in [-0.39, 0.29) is 0 Å². The highest BCUT2D eigenvalue weighted by Crippen LogP contribution is 2.38. The lowest BCUT2D eigenvalue weighted by molar-refractivity contribution is 0.0595. The van der Waals surface area contributed by atoms with Gasteiger partial charge >= 0.3 is 5.97 Å². The molecule has 0 spiro atoms. The number of esters is 1. The standard InChI is InChI=1S/C11H11N3O2/c1-16-11(15)9-6-14-10(12-9)5-4-8(13-14)7-2-3-7/h4-7H,2-3H2,1H3. The Bertz CT molecular complexity index is 557. The number of fused-ring (bicyclic) bond motifs is 1. The van der Waals surface area contributed by atoms with Crippen molar-refractivity contribution in [3.63, 3.8) is 0 Å². The SMILES string of the molecule is COC(=O)c1cn2nc(C3CC3)ccc2n1. The van der Waals surface area contributed by atoms with Gasteiger partial charge < -0.3 is 4.74 Å². The molecule has 0 bridgehead atoms. The van der Waals surface area contributed by atoms with E-state index in [1.165, 1.54) is 20.0 Å². The van der Waals surface area contributed by atoms with Crippen LogP contribution in [0.15, 0.2) is 18.3 Å². The zero-order chi connectivity index (χ0) is 11.1. The zero-order valence-electron chi connectivity index (χ0n) is 8.88. The highest BCUT2D eigenvalue weighted by Gasteiger charge is 2.25. The fourth-order valence-electron chi connectivity index (χ4n) is 1.70. The number of hydrogen-bond donors (Lipinski definition) is 0. The lowest BCUT2D eigenvalue weighted by Gasteiger charge is -1.96. The van der Waals surface area contributed by atoms with Gasteiger partial charge in [0, 0.05) is 5.92 Å². The molecule has 0 radical (unpaired) electrons. The van der Waals surface area contributed by atoms with E-state index in [2.05, 4.69) is 14.8 Å². The molecule has 0 amide bonds. The van der Waals surface area contributed by atoms with Crippen molar-refractivity contribution in [1.29, 1.82) is 0 Å². The van der Waals surface area contributed by atoms with E-state index in [1.807, 2.05) is 12.1 Å². The second-order valence-corrected chi connectivity index (χ2v) is 3.95. The number of methoxy groups -OCH3 is 1. The summed E-state index contributed by atoms with van der Waals surface area (Å²) in [6.07, 6.45) is 4.02. The molecule has 1 fully saturated rings. The van der Waals surface area contributed by atoms with E-state index >= 15 is 0 Å². The third kappa shape index (κ3) is 1.44. The summed E-state index contributed by atoms with van der Waals surface area (Å²) in [6, 6.07) is 3.86. The monoisotopic (exact) mass is 217 g/mol. The van der Waals surface area contributed by atoms with Crippen molar-refractivity contribution in [3.05, 3.63) is 29.7 Å². The third-order valence-corrected chi connectivity index (χ3v) is 2.73. The maximum atomic E-state index is 11.3. The number of imidazole rings is 1. The quantitative estimate of drug-likeness (QED) is 0.713. The highest BCUT2D eigenvalue weighted by molar-refractivity contribution is 5.87. The summed E-state index contributed by atoms with van der Waals surface area (Å²) in [5, 5.41) is 4.42. The molecule has 2 aromatic heterocycles. The van der Waals surface area contributed by atoms with Gasteiger partial charge in [-0.2, -0.15) is 5.10 Å². The molecule has 0 N–H and O–H groups in total. The Labute approximate surface area is 92.1 Å². The van der Waals surface area contributed by atoms with Crippen molar-refractivity contribution >= 4 is 11.6 Å². The van der Waals surface area contributed by atoms with Gasteiger partial charge in [0.15, 0.2) is 11.3 Å².